The fourth-order valence-electron chi connectivity index (χ4n) is 7.72. The lowest BCUT2D eigenvalue weighted by atomic mass is 10.00. The maximum atomic E-state index is 12.8. The number of unbranched alkanes of at least 4 members (excludes halogenated alkanes) is 29. The van der Waals surface area contributed by atoms with Gasteiger partial charge in [-0.25, -0.2) is 0 Å². The Balaban J connectivity index is 2.38. The van der Waals surface area contributed by atoms with Crippen molar-refractivity contribution in [1.29, 1.82) is 0 Å². The molecule has 354 valence electrons. The van der Waals surface area contributed by atoms with Crippen LogP contribution < -0.4 is 0 Å². The Morgan fingerprint density at radius 3 is 1.40 bits per heavy atom. The average molecular weight is 877 g/mol. The van der Waals surface area contributed by atoms with Gasteiger partial charge in [0.15, 0.2) is 12.4 Å². The summed E-state index contributed by atoms with van der Waals surface area (Å²) in [5.74, 6) is -1.97. The third-order valence-electron chi connectivity index (χ3n) is 11.5. The monoisotopic (exact) mass is 877 g/mol. The van der Waals surface area contributed by atoms with Crippen LogP contribution in [0.4, 0.5) is 0 Å². The molecule has 6 atom stereocenters. The van der Waals surface area contributed by atoms with Gasteiger partial charge in [0.2, 0.25) is 0 Å². The predicted octanol–water partition coefficient (Wildman–Crippen LogP) is 10.2. The maximum Gasteiger partial charge on any atom is 0.306 e. The lowest BCUT2D eigenvalue weighted by molar-refractivity contribution is -0.297. The number of hydrogen-bond acceptors (Lipinski definition) is 11. The summed E-state index contributed by atoms with van der Waals surface area (Å²) in [7, 11) is -4.60. The molecule has 2 unspecified atom stereocenters. The number of aliphatic hydroxyl groups excluding tert-OH is 3. The van der Waals surface area contributed by atoms with Gasteiger partial charge >= 0.3 is 11.9 Å². The zero-order valence-corrected chi connectivity index (χ0v) is 38.5. The van der Waals surface area contributed by atoms with E-state index in [2.05, 4.69) is 13.5 Å². The number of aliphatic hydroxyl groups is 3. The van der Waals surface area contributed by atoms with Crippen molar-refractivity contribution in [2.75, 3.05) is 19.0 Å². The fraction of sp³-hybridized carbons (Fsp3) is 0.915. The Morgan fingerprint density at radius 1 is 0.583 bits per heavy atom. The minimum absolute atomic E-state index is 0.167. The van der Waals surface area contributed by atoms with Gasteiger partial charge in [0.1, 0.15) is 36.8 Å². The largest absolute Gasteiger partial charge is 0.462 e. The van der Waals surface area contributed by atoms with Crippen LogP contribution in [0.15, 0.2) is 12.7 Å². The molecule has 1 rings (SSSR count). The van der Waals surface area contributed by atoms with Crippen LogP contribution in [0.3, 0.4) is 0 Å². The zero-order valence-electron chi connectivity index (χ0n) is 37.7. The van der Waals surface area contributed by atoms with E-state index in [1.54, 1.807) is 0 Å². The number of ether oxygens (including phenoxy) is 4. The van der Waals surface area contributed by atoms with Crippen molar-refractivity contribution in [2.24, 2.45) is 0 Å². The summed E-state index contributed by atoms with van der Waals surface area (Å²) in [5.41, 5.74) is 0. The van der Waals surface area contributed by atoms with Gasteiger partial charge in [-0.2, -0.15) is 8.42 Å². The van der Waals surface area contributed by atoms with E-state index >= 15 is 0 Å². The molecule has 0 bridgehead atoms. The first-order valence-corrected chi connectivity index (χ1v) is 25.8. The summed E-state index contributed by atoms with van der Waals surface area (Å²) in [6, 6.07) is 0. The smallest absolute Gasteiger partial charge is 0.306 e. The molecule has 0 aliphatic carbocycles. The molecule has 0 spiro atoms. The molecule has 13 heteroatoms. The molecule has 0 aromatic rings. The Labute approximate surface area is 365 Å². The molecule has 0 radical (unpaired) electrons. The standard InChI is InChI=1S/C47H88O12S/c1-3-5-7-9-11-13-15-17-19-20-22-23-25-27-29-31-33-35-42(48)56-37-40(38-57-47-46(52)45(51)44(50)41(59-47)39-60(53,54)55)58-43(49)36-34-32-30-28-26-24-21-18-16-14-12-10-8-6-4-2/h4,40-41,44-47,50-52H,2-3,5-39H2,1H3,(H,53,54,55)/t40-,41-,44-,45?,46?,47+/m1/s1. The van der Waals surface area contributed by atoms with E-state index < -0.39 is 71.2 Å². The SMILES string of the molecule is C=CCCCCCCCCCCCCCCCC(=O)O[C@H](COC(=O)CCCCCCCCCCCCCCCCCCC)CO[C@H]1O[C@H](CS(=O)(=O)O)[C@@H](O)C(O)C1O. The van der Waals surface area contributed by atoms with Gasteiger partial charge in [-0.15, -0.1) is 6.58 Å². The molecule has 1 aliphatic rings. The molecule has 60 heavy (non-hydrogen) atoms. The lowest BCUT2D eigenvalue weighted by Gasteiger charge is -2.40. The molecule has 0 aromatic heterocycles. The van der Waals surface area contributed by atoms with Crippen LogP contribution in [-0.4, -0.2) is 96.0 Å². The van der Waals surface area contributed by atoms with E-state index in [1.165, 1.54) is 141 Å². The molecule has 4 N–H and O–H groups in total. The second kappa shape index (κ2) is 37.9. The van der Waals surface area contributed by atoms with E-state index in [-0.39, 0.29) is 19.4 Å². The second-order valence-corrected chi connectivity index (χ2v) is 18.7. The van der Waals surface area contributed by atoms with Gasteiger partial charge in [-0.05, 0) is 25.7 Å². The molecule has 0 saturated carbocycles. The number of allylic oxidation sites excluding steroid dienone is 1. The van der Waals surface area contributed by atoms with Crippen LogP contribution in [0.2, 0.25) is 0 Å². The lowest BCUT2D eigenvalue weighted by Crippen LogP contribution is -2.60. The van der Waals surface area contributed by atoms with E-state index in [0.717, 1.165) is 44.9 Å². The van der Waals surface area contributed by atoms with Crippen molar-refractivity contribution in [3.8, 4) is 0 Å². The van der Waals surface area contributed by atoms with Crippen LogP contribution in [0.1, 0.15) is 219 Å². The van der Waals surface area contributed by atoms with Crippen LogP contribution in [0.5, 0.6) is 0 Å². The minimum atomic E-state index is -4.60. The van der Waals surface area contributed by atoms with Crippen molar-refractivity contribution < 1.29 is 56.8 Å². The predicted molar refractivity (Wildman–Crippen MR) is 238 cm³/mol. The molecular weight excluding hydrogens is 789 g/mol. The average Bonchev–Trinajstić information content (AvgIpc) is 3.21. The van der Waals surface area contributed by atoms with Gasteiger partial charge in [-0.1, -0.05) is 186 Å². The summed E-state index contributed by atoms with van der Waals surface area (Å²) in [4.78, 5) is 25.4. The van der Waals surface area contributed by atoms with E-state index in [1.807, 2.05) is 6.08 Å². The molecule has 0 aromatic carbocycles. The van der Waals surface area contributed by atoms with Crippen LogP contribution >= 0.6 is 0 Å². The number of esters is 2. The topological polar surface area (TPSA) is 186 Å². The van der Waals surface area contributed by atoms with Gasteiger partial charge < -0.3 is 34.3 Å². The van der Waals surface area contributed by atoms with Crippen molar-refractivity contribution in [3.63, 3.8) is 0 Å². The summed E-state index contributed by atoms with van der Waals surface area (Å²) in [6.07, 6.45) is 30.0. The third-order valence-corrected chi connectivity index (χ3v) is 12.2. The highest BCUT2D eigenvalue weighted by Crippen LogP contribution is 2.24. The highest BCUT2D eigenvalue weighted by Gasteiger charge is 2.46. The summed E-state index contributed by atoms with van der Waals surface area (Å²) in [5, 5.41) is 30.9. The Hall–Kier alpha value is -1.61. The van der Waals surface area contributed by atoms with Gasteiger partial charge in [0.25, 0.3) is 10.1 Å². The van der Waals surface area contributed by atoms with Crippen molar-refractivity contribution in [1.82, 2.24) is 0 Å². The fourth-order valence-corrected chi connectivity index (χ4v) is 8.41. The molecule has 1 fully saturated rings. The quantitative estimate of drug-likeness (QED) is 0.0197. The summed E-state index contributed by atoms with van der Waals surface area (Å²) in [6.45, 7) is 5.32. The number of rotatable bonds is 42. The van der Waals surface area contributed by atoms with Gasteiger partial charge in [0, 0.05) is 12.8 Å². The second-order valence-electron chi connectivity index (χ2n) is 17.2. The third kappa shape index (κ3) is 32.1. The molecule has 12 nitrogen and oxygen atoms in total. The minimum Gasteiger partial charge on any atom is -0.462 e. The molecule has 1 saturated heterocycles. The first-order chi connectivity index (χ1) is 29.0. The van der Waals surface area contributed by atoms with E-state index in [4.69, 9.17) is 18.9 Å². The maximum absolute atomic E-state index is 12.8. The normalized spacial score (nSPS) is 19.9. The van der Waals surface area contributed by atoms with Crippen molar-refractivity contribution in [3.05, 3.63) is 12.7 Å². The molecule has 1 aliphatic heterocycles. The number of carbonyl (C=O) groups excluding carboxylic acids is 2. The molecular formula is C47H88O12S. The first-order valence-electron chi connectivity index (χ1n) is 24.2. The zero-order chi connectivity index (χ0) is 44.1. The van der Waals surface area contributed by atoms with E-state index in [0.29, 0.717) is 12.8 Å². The van der Waals surface area contributed by atoms with Crippen LogP contribution in [0.25, 0.3) is 0 Å². The van der Waals surface area contributed by atoms with Gasteiger partial charge in [-0.3, -0.25) is 14.1 Å². The highest BCUT2D eigenvalue weighted by molar-refractivity contribution is 7.85. The van der Waals surface area contributed by atoms with Crippen molar-refractivity contribution >= 4 is 22.1 Å². The number of hydrogen-bond donors (Lipinski definition) is 4. The van der Waals surface area contributed by atoms with Gasteiger partial charge in [0.05, 0.1) is 6.61 Å². The van der Waals surface area contributed by atoms with Crippen LogP contribution in [-0.2, 0) is 38.7 Å². The Morgan fingerprint density at radius 2 is 0.983 bits per heavy atom. The summed E-state index contributed by atoms with van der Waals surface area (Å²) < 4.78 is 54.1. The Kier molecular flexibility index (Phi) is 35.6. The molecule has 0 amide bonds. The first kappa shape index (κ1) is 56.4. The van der Waals surface area contributed by atoms with Crippen molar-refractivity contribution in [2.45, 2.75) is 256 Å². The number of carbonyl (C=O) groups is 2. The van der Waals surface area contributed by atoms with Crippen LogP contribution in [0, 0.1) is 0 Å². The Bertz CT molecular complexity index is 1150. The van der Waals surface area contributed by atoms with E-state index in [9.17, 15) is 37.9 Å². The molecule has 1 heterocycles. The highest BCUT2D eigenvalue weighted by atomic mass is 32.2. The summed E-state index contributed by atoms with van der Waals surface area (Å²) >= 11 is 0.